The molecule has 0 aliphatic carbocycles. The summed E-state index contributed by atoms with van der Waals surface area (Å²) in [5.74, 6) is 0.519. The molecule has 1 aliphatic heterocycles. The van der Waals surface area contributed by atoms with Crippen molar-refractivity contribution in [3.05, 3.63) is 28.8 Å². The third-order valence-corrected chi connectivity index (χ3v) is 5.60. The van der Waals surface area contributed by atoms with Crippen LogP contribution in [0.15, 0.2) is 12.1 Å². The Bertz CT molecular complexity index is 589. The van der Waals surface area contributed by atoms with E-state index >= 15 is 0 Å². The minimum Gasteiger partial charge on any atom is -0.507 e. The molecule has 1 saturated heterocycles. The Morgan fingerprint density at radius 1 is 1.04 bits per heavy atom. The lowest BCUT2D eigenvalue weighted by Crippen LogP contribution is -2.45. The number of piperazine rings is 1. The SMILES string of the molecule is CCCC[C@@H](c1cc(C(C)(C)C)cc(C(C)(C)C)c1O)N1CCNCC1. The van der Waals surface area contributed by atoms with Crippen molar-refractivity contribution in [3.8, 4) is 5.75 Å². The van der Waals surface area contributed by atoms with Crippen molar-refractivity contribution in [2.24, 2.45) is 0 Å². The van der Waals surface area contributed by atoms with Crippen molar-refractivity contribution in [1.82, 2.24) is 10.2 Å². The van der Waals surface area contributed by atoms with Crippen LogP contribution in [-0.2, 0) is 10.8 Å². The van der Waals surface area contributed by atoms with E-state index in [9.17, 15) is 5.11 Å². The zero-order valence-corrected chi connectivity index (χ0v) is 18.1. The van der Waals surface area contributed by atoms with E-state index < -0.39 is 0 Å². The maximum atomic E-state index is 11.3. The van der Waals surface area contributed by atoms with Gasteiger partial charge in [0.05, 0.1) is 0 Å². The molecular formula is C23H40N2O. The van der Waals surface area contributed by atoms with Gasteiger partial charge in [-0.1, -0.05) is 67.4 Å². The second kappa shape index (κ2) is 8.31. The summed E-state index contributed by atoms with van der Waals surface area (Å²) in [5.41, 5.74) is 3.54. The molecule has 0 saturated carbocycles. The number of phenolic OH excluding ortho intramolecular Hbond substituents is 1. The summed E-state index contributed by atoms with van der Waals surface area (Å²) < 4.78 is 0. The second-order valence-electron chi connectivity index (χ2n) is 9.91. The van der Waals surface area contributed by atoms with E-state index in [2.05, 4.69) is 70.8 Å². The van der Waals surface area contributed by atoms with Crippen molar-refractivity contribution < 1.29 is 5.11 Å². The molecule has 0 unspecified atom stereocenters. The summed E-state index contributed by atoms with van der Waals surface area (Å²) >= 11 is 0. The van der Waals surface area contributed by atoms with E-state index in [4.69, 9.17) is 0 Å². The molecular weight excluding hydrogens is 320 g/mol. The number of rotatable bonds is 5. The molecule has 3 nitrogen and oxygen atoms in total. The third-order valence-electron chi connectivity index (χ3n) is 5.60. The predicted octanol–water partition coefficient (Wildman–Crippen LogP) is 5.12. The maximum absolute atomic E-state index is 11.3. The molecule has 1 fully saturated rings. The first-order valence-corrected chi connectivity index (χ1v) is 10.4. The molecule has 1 heterocycles. The van der Waals surface area contributed by atoms with E-state index in [1.54, 1.807) is 0 Å². The van der Waals surface area contributed by atoms with E-state index in [0.717, 1.165) is 43.7 Å². The summed E-state index contributed by atoms with van der Waals surface area (Å²) in [7, 11) is 0. The quantitative estimate of drug-likeness (QED) is 0.764. The highest BCUT2D eigenvalue weighted by atomic mass is 16.3. The lowest BCUT2D eigenvalue weighted by molar-refractivity contribution is 0.160. The molecule has 1 aliphatic rings. The van der Waals surface area contributed by atoms with Gasteiger partial charge in [0.25, 0.3) is 0 Å². The fraction of sp³-hybridized carbons (Fsp3) is 0.739. The van der Waals surface area contributed by atoms with Gasteiger partial charge in [-0.2, -0.15) is 0 Å². The van der Waals surface area contributed by atoms with Crippen LogP contribution < -0.4 is 5.32 Å². The average Bonchev–Trinajstić information content (AvgIpc) is 2.55. The van der Waals surface area contributed by atoms with Crippen LogP contribution in [0.1, 0.15) is 90.5 Å². The van der Waals surface area contributed by atoms with E-state index in [-0.39, 0.29) is 10.8 Å². The number of aromatic hydroxyl groups is 1. The molecule has 1 atom stereocenters. The first-order valence-electron chi connectivity index (χ1n) is 10.4. The Hall–Kier alpha value is -1.06. The standard InChI is InChI=1S/C23H40N2O/c1-8-9-10-20(25-13-11-24-12-14-25)18-15-17(22(2,3)4)16-19(21(18)26)23(5,6)7/h15-16,20,24,26H,8-14H2,1-7H3/t20-/m0/s1. The Kier molecular flexibility index (Phi) is 6.79. The number of unbranched alkanes of at least 4 members (excludes halogenated alkanes) is 1. The normalized spacial score (nSPS) is 18.1. The van der Waals surface area contributed by atoms with Gasteiger partial charge in [-0.3, -0.25) is 4.90 Å². The molecule has 1 aromatic rings. The van der Waals surface area contributed by atoms with Gasteiger partial charge in [-0.15, -0.1) is 0 Å². The monoisotopic (exact) mass is 360 g/mol. The molecule has 2 N–H and O–H groups in total. The van der Waals surface area contributed by atoms with Crippen LogP contribution in [0.3, 0.4) is 0 Å². The van der Waals surface area contributed by atoms with E-state index in [1.807, 2.05) is 0 Å². The number of hydrogen-bond donors (Lipinski definition) is 2. The highest BCUT2D eigenvalue weighted by Crippen LogP contribution is 2.42. The first-order chi connectivity index (χ1) is 12.1. The molecule has 0 spiro atoms. The van der Waals surface area contributed by atoms with Crippen LogP contribution >= 0.6 is 0 Å². The van der Waals surface area contributed by atoms with Crippen molar-refractivity contribution in [1.29, 1.82) is 0 Å². The summed E-state index contributed by atoms with van der Waals surface area (Å²) in [6, 6.07) is 4.82. The number of hydrogen-bond acceptors (Lipinski definition) is 3. The molecule has 0 aromatic heterocycles. The lowest BCUT2D eigenvalue weighted by atomic mass is 9.77. The molecule has 0 amide bonds. The van der Waals surface area contributed by atoms with Gasteiger partial charge in [0.1, 0.15) is 5.75 Å². The van der Waals surface area contributed by atoms with Gasteiger partial charge in [0.15, 0.2) is 0 Å². The van der Waals surface area contributed by atoms with Gasteiger partial charge < -0.3 is 10.4 Å². The zero-order chi connectivity index (χ0) is 19.5. The fourth-order valence-electron chi connectivity index (χ4n) is 3.84. The van der Waals surface area contributed by atoms with Gasteiger partial charge in [0, 0.05) is 37.8 Å². The molecule has 26 heavy (non-hydrogen) atoms. The first kappa shape index (κ1) is 21.2. The Balaban J connectivity index is 2.57. The van der Waals surface area contributed by atoms with Crippen molar-refractivity contribution in [2.45, 2.75) is 84.6 Å². The van der Waals surface area contributed by atoms with Crippen LogP contribution in [0, 0.1) is 0 Å². The third kappa shape index (κ3) is 5.01. The largest absolute Gasteiger partial charge is 0.507 e. The van der Waals surface area contributed by atoms with E-state index in [0.29, 0.717) is 11.8 Å². The topological polar surface area (TPSA) is 35.5 Å². The Morgan fingerprint density at radius 3 is 2.15 bits per heavy atom. The summed E-state index contributed by atoms with van der Waals surface area (Å²) in [6.07, 6.45) is 3.49. The minimum atomic E-state index is -0.0706. The average molecular weight is 361 g/mol. The number of nitrogens with one attached hydrogen (secondary N) is 1. The molecule has 148 valence electrons. The lowest BCUT2D eigenvalue weighted by Gasteiger charge is -2.37. The number of phenols is 1. The van der Waals surface area contributed by atoms with Gasteiger partial charge >= 0.3 is 0 Å². The van der Waals surface area contributed by atoms with Crippen molar-refractivity contribution in [2.75, 3.05) is 26.2 Å². The smallest absolute Gasteiger partial charge is 0.124 e. The van der Waals surface area contributed by atoms with E-state index in [1.165, 1.54) is 18.4 Å². The number of benzene rings is 1. The zero-order valence-electron chi connectivity index (χ0n) is 18.1. The van der Waals surface area contributed by atoms with Crippen LogP contribution in [0.5, 0.6) is 5.75 Å². The van der Waals surface area contributed by atoms with Gasteiger partial charge in [-0.25, -0.2) is 0 Å². The molecule has 1 aromatic carbocycles. The Labute approximate surface area is 161 Å². The second-order valence-corrected chi connectivity index (χ2v) is 9.91. The molecule has 2 rings (SSSR count). The molecule has 0 radical (unpaired) electrons. The highest BCUT2D eigenvalue weighted by molar-refractivity contribution is 5.50. The minimum absolute atomic E-state index is 0.0706. The highest BCUT2D eigenvalue weighted by Gasteiger charge is 2.30. The summed E-state index contributed by atoms with van der Waals surface area (Å²) in [4.78, 5) is 2.57. The fourth-order valence-corrected chi connectivity index (χ4v) is 3.84. The Morgan fingerprint density at radius 2 is 1.65 bits per heavy atom. The van der Waals surface area contributed by atoms with Crippen LogP contribution in [0.2, 0.25) is 0 Å². The van der Waals surface area contributed by atoms with Crippen LogP contribution in [-0.4, -0.2) is 36.2 Å². The molecule has 0 bridgehead atoms. The van der Waals surface area contributed by atoms with Crippen molar-refractivity contribution in [3.63, 3.8) is 0 Å². The van der Waals surface area contributed by atoms with Crippen LogP contribution in [0.4, 0.5) is 0 Å². The maximum Gasteiger partial charge on any atom is 0.124 e. The molecule has 3 heteroatoms. The predicted molar refractivity (Wildman–Crippen MR) is 112 cm³/mol. The van der Waals surface area contributed by atoms with Crippen LogP contribution in [0.25, 0.3) is 0 Å². The van der Waals surface area contributed by atoms with Crippen molar-refractivity contribution >= 4 is 0 Å². The van der Waals surface area contributed by atoms with Gasteiger partial charge in [-0.05, 0) is 34.4 Å². The summed E-state index contributed by atoms with van der Waals surface area (Å²) in [5, 5.41) is 14.7. The number of nitrogens with zero attached hydrogens (tertiary/aromatic N) is 1. The summed E-state index contributed by atoms with van der Waals surface area (Å²) in [6.45, 7) is 19.8. The van der Waals surface area contributed by atoms with Gasteiger partial charge in [0.2, 0.25) is 0 Å².